The Bertz CT molecular complexity index is 405. The van der Waals surface area contributed by atoms with Crippen LogP contribution < -0.4 is 16.4 Å². The summed E-state index contributed by atoms with van der Waals surface area (Å²) in [6.07, 6.45) is 6.46. The molecule has 1 atom stereocenters. The summed E-state index contributed by atoms with van der Waals surface area (Å²) in [7, 11) is 0. The Morgan fingerprint density at radius 1 is 1.18 bits per heavy atom. The van der Waals surface area contributed by atoms with Crippen LogP contribution in [0.2, 0.25) is 0 Å². The van der Waals surface area contributed by atoms with E-state index in [1.54, 1.807) is 0 Å². The van der Waals surface area contributed by atoms with E-state index in [0.717, 1.165) is 45.2 Å². The summed E-state index contributed by atoms with van der Waals surface area (Å²) < 4.78 is 0. The molecule has 1 aliphatic carbocycles. The van der Waals surface area contributed by atoms with E-state index in [1.807, 2.05) is 0 Å². The lowest BCUT2D eigenvalue weighted by Gasteiger charge is -2.42. The fraction of sp³-hybridized carbons (Fsp3) is 0.875. The molecule has 4 N–H and O–H groups in total. The molecule has 0 spiro atoms. The van der Waals surface area contributed by atoms with Crippen molar-refractivity contribution in [3.63, 3.8) is 0 Å². The van der Waals surface area contributed by atoms with Crippen molar-refractivity contribution >= 4 is 11.9 Å². The number of nitrogens with one attached hydrogen (secondary N) is 2. The van der Waals surface area contributed by atoms with E-state index in [-0.39, 0.29) is 36.0 Å². The van der Waals surface area contributed by atoms with Gasteiger partial charge in [-0.15, -0.1) is 0 Å². The number of rotatable bonds is 3. The van der Waals surface area contributed by atoms with Gasteiger partial charge in [-0.2, -0.15) is 0 Å². The van der Waals surface area contributed by atoms with Crippen molar-refractivity contribution in [1.29, 1.82) is 0 Å². The lowest BCUT2D eigenvalue weighted by Crippen LogP contribution is -2.55. The van der Waals surface area contributed by atoms with Gasteiger partial charge >= 0.3 is 6.03 Å². The highest BCUT2D eigenvalue weighted by atomic mass is 16.2. The van der Waals surface area contributed by atoms with Gasteiger partial charge in [0, 0.05) is 25.2 Å². The minimum atomic E-state index is -0.357. The van der Waals surface area contributed by atoms with Crippen molar-refractivity contribution < 1.29 is 9.59 Å². The summed E-state index contributed by atoms with van der Waals surface area (Å²) in [6, 6.07) is 0.0275. The molecule has 0 aromatic heterocycles. The van der Waals surface area contributed by atoms with Crippen molar-refractivity contribution in [1.82, 2.24) is 15.5 Å². The molecule has 22 heavy (non-hydrogen) atoms. The zero-order valence-corrected chi connectivity index (χ0v) is 13.9. The SMILES string of the molecule is CC1(C)CN(CC(=O)NC(=O)NC2CCCCC2)CCC1N. The molecule has 2 rings (SSSR count). The second-order valence-electron chi connectivity index (χ2n) is 7.45. The second kappa shape index (κ2) is 7.42. The highest BCUT2D eigenvalue weighted by Crippen LogP contribution is 2.27. The molecule has 0 aromatic carbocycles. The van der Waals surface area contributed by atoms with E-state index in [9.17, 15) is 9.59 Å². The van der Waals surface area contributed by atoms with E-state index in [4.69, 9.17) is 5.73 Å². The lowest BCUT2D eigenvalue weighted by atomic mass is 9.80. The average Bonchev–Trinajstić information content (AvgIpc) is 2.43. The van der Waals surface area contributed by atoms with Crippen LogP contribution in [-0.2, 0) is 4.79 Å². The zero-order chi connectivity index (χ0) is 16.2. The maximum absolute atomic E-state index is 12.0. The monoisotopic (exact) mass is 310 g/mol. The van der Waals surface area contributed by atoms with Gasteiger partial charge in [0.25, 0.3) is 0 Å². The maximum atomic E-state index is 12.0. The number of imide groups is 1. The number of carbonyl (C=O) groups is 2. The van der Waals surface area contributed by atoms with Crippen molar-refractivity contribution in [3.8, 4) is 0 Å². The molecular weight excluding hydrogens is 280 g/mol. The maximum Gasteiger partial charge on any atom is 0.321 e. The van der Waals surface area contributed by atoms with Gasteiger partial charge in [0.1, 0.15) is 0 Å². The van der Waals surface area contributed by atoms with Crippen LogP contribution in [0.3, 0.4) is 0 Å². The largest absolute Gasteiger partial charge is 0.335 e. The zero-order valence-electron chi connectivity index (χ0n) is 13.9. The topological polar surface area (TPSA) is 87.5 Å². The van der Waals surface area contributed by atoms with Crippen molar-refractivity contribution in [2.24, 2.45) is 11.1 Å². The van der Waals surface area contributed by atoms with Crippen LogP contribution in [0.5, 0.6) is 0 Å². The molecule has 1 unspecified atom stereocenters. The van der Waals surface area contributed by atoms with Crippen LogP contribution in [0.25, 0.3) is 0 Å². The molecule has 0 bridgehead atoms. The van der Waals surface area contributed by atoms with Crippen LogP contribution in [0.15, 0.2) is 0 Å². The highest BCUT2D eigenvalue weighted by molar-refractivity contribution is 5.95. The Morgan fingerprint density at radius 2 is 1.86 bits per heavy atom. The third kappa shape index (κ3) is 4.95. The number of nitrogens with zero attached hydrogens (tertiary/aromatic N) is 1. The minimum absolute atomic E-state index is 0.00286. The third-order valence-corrected chi connectivity index (χ3v) is 4.95. The molecule has 6 heteroatoms. The summed E-state index contributed by atoms with van der Waals surface area (Å²) in [4.78, 5) is 25.9. The van der Waals surface area contributed by atoms with Crippen molar-refractivity contribution in [2.75, 3.05) is 19.6 Å². The number of likely N-dealkylation sites (tertiary alicyclic amines) is 1. The molecule has 6 nitrogen and oxygen atoms in total. The first kappa shape index (κ1) is 17.2. The fourth-order valence-electron chi connectivity index (χ4n) is 3.46. The lowest BCUT2D eigenvalue weighted by molar-refractivity contribution is -0.122. The summed E-state index contributed by atoms with van der Waals surface area (Å²) in [5, 5.41) is 5.35. The number of hydrogen-bond donors (Lipinski definition) is 3. The van der Waals surface area contributed by atoms with Crippen LogP contribution in [0.4, 0.5) is 4.79 Å². The molecule has 0 radical (unpaired) electrons. The summed E-state index contributed by atoms with van der Waals surface area (Å²) >= 11 is 0. The van der Waals surface area contributed by atoms with Crippen LogP contribution >= 0.6 is 0 Å². The Morgan fingerprint density at radius 3 is 2.50 bits per heavy atom. The van der Waals surface area contributed by atoms with Crippen LogP contribution in [0, 0.1) is 5.41 Å². The first-order valence-electron chi connectivity index (χ1n) is 8.45. The van der Waals surface area contributed by atoms with E-state index >= 15 is 0 Å². The number of nitrogens with two attached hydrogens (primary N) is 1. The molecule has 3 amide bonds. The van der Waals surface area contributed by atoms with Gasteiger partial charge in [0.15, 0.2) is 0 Å². The predicted molar refractivity (Wildman–Crippen MR) is 86.4 cm³/mol. The number of hydrogen-bond acceptors (Lipinski definition) is 4. The Balaban J connectivity index is 1.72. The first-order valence-corrected chi connectivity index (χ1v) is 8.45. The molecular formula is C16H30N4O2. The average molecular weight is 310 g/mol. The highest BCUT2D eigenvalue weighted by Gasteiger charge is 2.34. The summed E-state index contributed by atoms with van der Waals surface area (Å²) in [6.45, 7) is 6.09. The van der Waals surface area contributed by atoms with E-state index in [2.05, 4.69) is 29.4 Å². The number of amides is 3. The van der Waals surface area contributed by atoms with Crippen LogP contribution in [0.1, 0.15) is 52.4 Å². The molecule has 126 valence electrons. The molecule has 2 aliphatic rings. The van der Waals surface area contributed by atoms with Gasteiger partial charge < -0.3 is 11.1 Å². The van der Waals surface area contributed by atoms with E-state index in [0.29, 0.717) is 0 Å². The van der Waals surface area contributed by atoms with Gasteiger partial charge in [-0.1, -0.05) is 33.1 Å². The van der Waals surface area contributed by atoms with Gasteiger partial charge in [-0.05, 0) is 24.7 Å². The van der Waals surface area contributed by atoms with Gasteiger partial charge in [0.2, 0.25) is 5.91 Å². The molecule has 2 fully saturated rings. The molecule has 1 saturated carbocycles. The predicted octanol–water partition coefficient (Wildman–Crippen LogP) is 1.20. The van der Waals surface area contributed by atoms with E-state index < -0.39 is 0 Å². The summed E-state index contributed by atoms with van der Waals surface area (Å²) in [5.74, 6) is -0.236. The van der Waals surface area contributed by atoms with Crippen LogP contribution in [-0.4, -0.2) is 48.6 Å². The molecule has 0 aromatic rings. The second-order valence-corrected chi connectivity index (χ2v) is 7.45. The number of piperidine rings is 1. The quantitative estimate of drug-likeness (QED) is 0.731. The van der Waals surface area contributed by atoms with E-state index in [1.165, 1.54) is 6.42 Å². The van der Waals surface area contributed by atoms with Gasteiger partial charge in [-0.3, -0.25) is 15.0 Å². The number of urea groups is 1. The Hall–Kier alpha value is -1.14. The standard InChI is InChI=1S/C16H30N4O2/c1-16(2)11-20(9-8-13(16)17)10-14(21)19-15(22)18-12-6-4-3-5-7-12/h12-13H,3-11,17H2,1-2H3,(H2,18,19,21,22). The smallest absolute Gasteiger partial charge is 0.321 e. The Labute approximate surface area is 133 Å². The molecule has 1 heterocycles. The van der Waals surface area contributed by atoms with Crippen molar-refractivity contribution in [2.45, 2.75) is 64.5 Å². The Kier molecular flexibility index (Phi) is 5.81. The third-order valence-electron chi connectivity index (χ3n) is 4.95. The first-order chi connectivity index (χ1) is 10.4. The summed E-state index contributed by atoms with van der Waals surface area (Å²) in [5.41, 5.74) is 6.10. The fourth-order valence-corrected chi connectivity index (χ4v) is 3.46. The molecule has 1 aliphatic heterocycles. The van der Waals surface area contributed by atoms with Gasteiger partial charge in [0.05, 0.1) is 6.54 Å². The van der Waals surface area contributed by atoms with Crippen molar-refractivity contribution in [3.05, 3.63) is 0 Å². The van der Waals surface area contributed by atoms with Gasteiger partial charge in [-0.25, -0.2) is 4.79 Å². The molecule has 1 saturated heterocycles. The number of carbonyl (C=O) groups excluding carboxylic acids is 2. The normalized spacial score (nSPS) is 26.4. The minimum Gasteiger partial charge on any atom is -0.335 e.